The third-order valence-electron chi connectivity index (χ3n) is 7.72. The molecule has 5 heteroatoms. The van der Waals surface area contributed by atoms with E-state index in [-0.39, 0.29) is 11.8 Å². The molecule has 1 aromatic rings. The summed E-state index contributed by atoms with van der Waals surface area (Å²) in [6.07, 6.45) is 10.4. The molecule has 3 aliphatic heterocycles. The molecule has 1 unspecified atom stereocenters. The van der Waals surface area contributed by atoms with Crippen LogP contribution in [-0.4, -0.2) is 72.3 Å². The van der Waals surface area contributed by atoms with Crippen molar-refractivity contribution in [2.45, 2.75) is 45.4 Å². The molecule has 2 saturated heterocycles. The molecule has 174 valence electrons. The average molecular weight is 438 g/mol. The molecule has 0 aromatic heterocycles. The van der Waals surface area contributed by atoms with Crippen LogP contribution >= 0.6 is 0 Å². The molecule has 0 saturated carbocycles. The standard InChI is InChI=1S/C27H39N3O2/c1-22-10-18-29(19-11-22)26(31)21-28-16-13-24(14-17-28)25-9-5-6-15-30(27(25)32)20-12-23-7-3-2-4-8-23/h2-8,22,24-25H,9-21H2,1H3. The molecule has 0 bridgehead atoms. The SMILES string of the molecule is CC1CCN(C(=O)CN2CCC(C3CC=CCN(CCc4ccccc4)C3=O)CC2)CC1. The van der Waals surface area contributed by atoms with Crippen LogP contribution in [0.2, 0.25) is 0 Å². The number of rotatable bonds is 6. The lowest BCUT2D eigenvalue weighted by atomic mass is 9.81. The van der Waals surface area contributed by atoms with Crippen molar-refractivity contribution in [1.29, 1.82) is 0 Å². The Balaban J connectivity index is 1.26. The van der Waals surface area contributed by atoms with E-state index < -0.39 is 0 Å². The van der Waals surface area contributed by atoms with E-state index in [1.807, 2.05) is 6.07 Å². The van der Waals surface area contributed by atoms with E-state index in [2.05, 4.69) is 58.0 Å². The summed E-state index contributed by atoms with van der Waals surface area (Å²) in [4.78, 5) is 32.5. The summed E-state index contributed by atoms with van der Waals surface area (Å²) < 4.78 is 0. The number of hydrogen-bond donors (Lipinski definition) is 0. The second-order valence-electron chi connectivity index (χ2n) is 10.0. The maximum atomic E-state index is 13.4. The Hall–Kier alpha value is -2.14. The van der Waals surface area contributed by atoms with Crippen molar-refractivity contribution < 1.29 is 9.59 Å². The Morgan fingerprint density at radius 3 is 2.41 bits per heavy atom. The minimum absolute atomic E-state index is 0.0888. The van der Waals surface area contributed by atoms with E-state index in [1.54, 1.807) is 0 Å². The molecule has 1 aromatic carbocycles. The largest absolute Gasteiger partial charge is 0.342 e. The smallest absolute Gasteiger partial charge is 0.236 e. The first-order valence-corrected chi connectivity index (χ1v) is 12.6. The van der Waals surface area contributed by atoms with Gasteiger partial charge in [0.2, 0.25) is 11.8 Å². The molecule has 3 aliphatic rings. The Labute approximate surface area is 193 Å². The molecule has 0 spiro atoms. The summed E-state index contributed by atoms with van der Waals surface area (Å²) in [5.74, 6) is 1.87. The van der Waals surface area contributed by atoms with Gasteiger partial charge in [0.1, 0.15) is 0 Å². The number of nitrogens with zero attached hydrogens (tertiary/aromatic N) is 3. The number of carbonyl (C=O) groups excluding carboxylic acids is 2. The van der Waals surface area contributed by atoms with Crippen LogP contribution in [-0.2, 0) is 16.0 Å². The fourth-order valence-electron chi connectivity index (χ4n) is 5.44. The molecule has 4 rings (SSSR count). The highest BCUT2D eigenvalue weighted by atomic mass is 16.2. The van der Waals surface area contributed by atoms with Crippen molar-refractivity contribution in [3.05, 3.63) is 48.0 Å². The van der Waals surface area contributed by atoms with Gasteiger partial charge in [-0.15, -0.1) is 0 Å². The average Bonchev–Trinajstić information content (AvgIpc) is 3.00. The Kier molecular flexibility index (Phi) is 8.01. The predicted molar refractivity (Wildman–Crippen MR) is 128 cm³/mol. The van der Waals surface area contributed by atoms with Crippen LogP contribution in [0, 0.1) is 17.8 Å². The minimum Gasteiger partial charge on any atom is -0.342 e. The number of carbonyl (C=O) groups is 2. The van der Waals surface area contributed by atoms with Crippen molar-refractivity contribution in [1.82, 2.24) is 14.7 Å². The monoisotopic (exact) mass is 437 g/mol. The van der Waals surface area contributed by atoms with Crippen LogP contribution in [0.5, 0.6) is 0 Å². The molecule has 2 amide bonds. The van der Waals surface area contributed by atoms with Crippen LogP contribution in [0.25, 0.3) is 0 Å². The van der Waals surface area contributed by atoms with Crippen LogP contribution < -0.4 is 0 Å². The predicted octanol–water partition coefficient (Wildman–Crippen LogP) is 3.60. The fourth-order valence-corrected chi connectivity index (χ4v) is 5.44. The number of benzene rings is 1. The third kappa shape index (κ3) is 6.00. The molecule has 1 atom stereocenters. The van der Waals surface area contributed by atoms with Crippen molar-refractivity contribution >= 4 is 11.8 Å². The highest BCUT2D eigenvalue weighted by Gasteiger charge is 2.34. The lowest BCUT2D eigenvalue weighted by molar-refractivity contribution is -0.138. The topological polar surface area (TPSA) is 43.9 Å². The second kappa shape index (κ2) is 11.1. The van der Waals surface area contributed by atoms with E-state index in [0.717, 1.165) is 83.7 Å². The summed E-state index contributed by atoms with van der Waals surface area (Å²) >= 11 is 0. The van der Waals surface area contributed by atoms with Gasteiger partial charge in [0, 0.05) is 32.1 Å². The number of hydrogen-bond acceptors (Lipinski definition) is 3. The van der Waals surface area contributed by atoms with Gasteiger partial charge in [-0.2, -0.15) is 0 Å². The van der Waals surface area contributed by atoms with Crippen LogP contribution in [0.15, 0.2) is 42.5 Å². The van der Waals surface area contributed by atoms with Gasteiger partial charge in [0.15, 0.2) is 0 Å². The van der Waals surface area contributed by atoms with Crippen molar-refractivity contribution in [2.75, 3.05) is 45.8 Å². The lowest BCUT2D eigenvalue weighted by Gasteiger charge is -2.37. The lowest BCUT2D eigenvalue weighted by Crippen LogP contribution is -2.47. The Morgan fingerprint density at radius 2 is 1.69 bits per heavy atom. The summed E-state index contributed by atoms with van der Waals surface area (Å²) in [6.45, 7) is 8.02. The molecule has 0 N–H and O–H groups in total. The van der Waals surface area contributed by atoms with E-state index in [0.29, 0.717) is 18.4 Å². The second-order valence-corrected chi connectivity index (χ2v) is 10.0. The van der Waals surface area contributed by atoms with Gasteiger partial charge < -0.3 is 9.80 Å². The minimum atomic E-state index is 0.0888. The molecule has 2 fully saturated rings. The van der Waals surface area contributed by atoms with Crippen LogP contribution in [0.3, 0.4) is 0 Å². The van der Waals surface area contributed by atoms with E-state index in [9.17, 15) is 9.59 Å². The Bertz CT molecular complexity index is 777. The van der Waals surface area contributed by atoms with Gasteiger partial charge in [-0.3, -0.25) is 14.5 Å². The van der Waals surface area contributed by atoms with E-state index >= 15 is 0 Å². The number of likely N-dealkylation sites (tertiary alicyclic amines) is 2. The van der Waals surface area contributed by atoms with Crippen molar-refractivity contribution in [2.24, 2.45) is 17.8 Å². The normalized spacial score (nSPS) is 24.0. The third-order valence-corrected chi connectivity index (χ3v) is 7.72. The van der Waals surface area contributed by atoms with E-state index in [4.69, 9.17) is 0 Å². The number of piperidine rings is 2. The van der Waals surface area contributed by atoms with Gasteiger partial charge in [0.25, 0.3) is 0 Å². The van der Waals surface area contributed by atoms with Crippen molar-refractivity contribution in [3.63, 3.8) is 0 Å². The molecular formula is C27H39N3O2. The van der Waals surface area contributed by atoms with Gasteiger partial charge >= 0.3 is 0 Å². The highest BCUT2D eigenvalue weighted by molar-refractivity contribution is 5.80. The molecule has 3 heterocycles. The molecule has 32 heavy (non-hydrogen) atoms. The van der Waals surface area contributed by atoms with Crippen molar-refractivity contribution in [3.8, 4) is 0 Å². The quantitative estimate of drug-likeness (QED) is 0.639. The Morgan fingerprint density at radius 1 is 0.969 bits per heavy atom. The van der Waals surface area contributed by atoms with Gasteiger partial charge in [-0.1, -0.05) is 49.4 Å². The van der Waals surface area contributed by atoms with Crippen LogP contribution in [0.4, 0.5) is 0 Å². The van der Waals surface area contributed by atoms with Crippen LogP contribution in [0.1, 0.15) is 44.6 Å². The van der Waals surface area contributed by atoms with Gasteiger partial charge in [0.05, 0.1) is 6.54 Å². The van der Waals surface area contributed by atoms with E-state index in [1.165, 1.54) is 5.56 Å². The number of amides is 2. The molecule has 0 radical (unpaired) electrons. The first-order valence-electron chi connectivity index (χ1n) is 12.6. The summed E-state index contributed by atoms with van der Waals surface area (Å²) in [6, 6.07) is 10.4. The zero-order valence-corrected chi connectivity index (χ0v) is 19.6. The van der Waals surface area contributed by atoms with Gasteiger partial charge in [-0.05, 0) is 69.0 Å². The fraction of sp³-hybridized carbons (Fsp3) is 0.630. The molecular weight excluding hydrogens is 398 g/mol. The van der Waals surface area contributed by atoms with Gasteiger partial charge in [-0.25, -0.2) is 0 Å². The maximum absolute atomic E-state index is 13.4. The number of allylic oxidation sites excluding steroid dienone is 1. The first-order chi connectivity index (χ1) is 15.6. The summed E-state index contributed by atoms with van der Waals surface area (Å²) in [5, 5.41) is 0. The zero-order valence-electron chi connectivity index (χ0n) is 19.6. The maximum Gasteiger partial charge on any atom is 0.236 e. The summed E-state index contributed by atoms with van der Waals surface area (Å²) in [7, 11) is 0. The molecule has 5 nitrogen and oxygen atoms in total. The molecule has 0 aliphatic carbocycles. The first kappa shape index (κ1) is 23.0. The summed E-state index contributed by atoms with van der Waals surface area (Å²) in [5.41, 5.74) is 1.28. The zero-order chi connectivity index (χ0) is 22.3. The highest BCUT2D eigenvalue weighted by Crippen LogP contribution is 2.31.